The van der Waals surface area contributed by atoms with E-state index >= 15 is 0 Å². The van der Waals surface area contributed by atoms with Crippen LogP contribution in [0.5, 0.6) is 0 Å². The predicted octanol–water partition coefficient (Wildman–Crippen LogP) is 3.92. The molecule has 0 bridgehead atoms. The first-order valence-electron chi connectivity index (χ1n) is 9.06. The number of carbonyl (C=O) groups is 2. The summed E-state index contributed by atoms with van der Waals surface area (Å²) in [5.74, 6) is -0.366. The lowest BCUT2D eigenvalue weighted by Crippen LogP contribution is -2.19. The number of non-ortho nitro benzene ring substituents is 1. The summed E-state index contributed by atoms with van der Waals surface area (Å²) >= 11 is 1.41. The van der Waals surface area contributed by atoms with Crippen molar-refractivity contribution in [2.24, 2.45) is 11.7 Å². The first-order chi connectivity index (χ1) is 13.4. The van der Waals surface area contributed by atoms with Crippen molar-refractivity contribution in [3.63, 3.8) is 0 Å². The van der Waals surface area contributed by atoms with Gasteiger partial charge in [-0.25, -0.2) is 0 Å². The number of nitrogens with two attached hydrogens (primary N) is 1. The van der Waals surface area contributed by atoms with Crippen LogP contribution in [-0.4, -0.2) is 16.7 Å². The molecule has 7 nitrogen and oxygen atoms in total. The highest BCUT2D eigenvalue weighted by atomic mass is 32.1. The molecule has 1 unspecified atom stereocenters. The number of nitrogens with one attached hydrogen (secondary N) is 1. The summed E-state index contributed by atoms with van der Waals surface area (Å²) in [5.41, 5.74) is 7.43. The van der Waals surface area contributed by atoms with Crippen molar-refractivity contribution >= 4 is 39.9 Å². The fourth-order valence-electron chi connectivity index (χ4n) is 3.42. The minimum absolute atomic E-state index is 0.0463. The summed E-state index contributed by atoms with van der Waals surface area (Å²) in [5, 5.41) is 14.1. The highest BCUT2D eigenvalue weighted by molar-refractivity contribution is 7.17. The van der Waals surface area contributed by atoms with Crippen LogP contribution < -0.4 is 11.1 Å². The number of primary amides is 1. The molecule has 0 saturated carbocycles. The normalized spacial score (nSPS) is 16.0. The molecule has 1 aromatic heterocycles. The second-order valence-corrected chi connectivity index (χ2v) is 7.87. The Kier molecular flexibility index (Phi) is 5.89. The van der Waals surface area contributed by atoms with Crippen molar-refractivity contribution in [1.29, 1.82) is 0 Å². The van der Waals surface area contributed by atoms with Gasteiger partial charge in [0.05, 0.1) is 10.5 Å². The highest BCUT2D eigenvalue weighted by Gasteiger charge is 2.27. The third-order valence-corrected chi connectivity index (χ3v) is 6.11. The molecule has 1 aliphatic rings. The molecule has 1 aliphatic carbocycles. The zero-order valence-electron chi connectivity index (χ0n) is 15.4. The number of thiophene rings is 1. The van der Waals surface area contributed by atoms with E-state index in [-0.39, 0.29) is 5.69 Å². The van der Waals surface area contributed by atoms with Gasteiger partial charge in [0.25, 0.3) is 11.6 Å². The Balaban J connectivity index is 1.79. The van der Waals surface area contributed by atoms with E-state index in [9.17, 15) is 19.7 Å². The summed E-state index contributed by atoms with van der Waals surface area (Å²) in [6.07, 6.45) is 6.57. The Labute approximate surface area is 166 Å². The molecular formula is C20H21N3O4S. The molecule has 0 saturated heterocycles. The SMILES string of the molecule is CCC1CCc2c(sc(NC(=O)C=Cc3cccc([N+](=O)[O-])c3)c2C(N)=O)C1. The number of carbonyl (C=O) groups excluding carboxylic acids is 2. The van der Waals surface area contributed by atoms with E-state index < -0.39 is 16.7 Å². The van der Waals surface area contributed by atoms with Gasteiger partial charge < -0.3 is 11.1 Å². The van der Waals surface area contributed by atoms with Crippen molar-refractivity contribution in [2.45, 2.75) is 32.6 Å². The Bertz CT molecular complexity index is 964. The van der Waals surface area contributed by atoms with Gasteiger partial charge in [-0.1, -0.05) is 25.5 Å². The Morgan fingerprint density at radius 2 is 2.21 bits per heavy atom. The Morgan fingerprint density at radius 3 is 2.89 bits per heavy atom. The quantitative estimate of drug-likeness (QED) is 0.435. The zero-order chi connectivity index (χ0) is 20.3. The third kappa shape index (κ3) is 4.28. The summed E-state index contributed by atoms with van der Waals surface area (Å²) in [6, 6.07) is 5.99. The van der Waals surface area contributed by atoms with Crippen molar-refractivity contribution in [3.8, 4) is 0 Å². The molecule has 8 heteroatoms. The minimum atomic E-state index is -0.537. The molecule has 0 radical (unpaired) electrons. The number of fused-ring (bicyclic) bond motifs is 1. The molecule has 3 rings (SSSR count). The predicted molar refractivity (Wildman–Crippen MR) is 109 cm³/mol. The number of benzene rings is 1. The Morgan fingerprint density at radius 1 is 1.43 bits per heavy atom. The van der Waals surface area contributed by atoms with Crippen LogP contribution in [0.15, 0.2) is 30.3 Å². The van der Waals surface area contributed by atoms with Gasteiger partial charge in [0.1, 0.15) is 5.00 Å². The average molecular weight is 399 g/mol. The number of hydrogen-bond acceptors (Lipinski definition) is 5. The van der Waals surface area contributed by atoms with Crippen LogP contribution in [0.1, 0.15) is 46.1 Å². The maximum absolute atomic E-state index is 12.3. The van der Waals surface area contributed by atoms with E-state index in [1.54, 1.807) is 12.1 Å². The zero-order valence-corrected chi connectivity index (χ0v) is 16.3. The van der Waals surface area contributed by atoms with E-state index in [0.29, 0.717) is 22.0 Å². The van der Waals surface area contributed by atoms with Crippen LogP contribution in [-0.2, 0) is 17.6 Å². The Hall–Kier alpha value is -3.00. The molecule has 0 aliphatic heterocycles. The number of amides is 2. The van der Waals surface area contributed by atoms with Gasteiger partial charge in [-0.05, 0) is 42.4 Å². The van der Waals surface area contributed by atoms with Crippen molar-refractivity contribution < 1.29 is 14.5 Å². The van der Waals surface area contributed by atoms with Gasteiger partial charge in [-0.2, -0.15) is 0 Å². The lowest BCUT2D eigenvalue weighted by Gasteiger charge is -2.20. The van der Waals surface area contributed by atoms with Crippen LogP contribution >= 0.6 is 11.3 Å². The number of hydrogen-bond donors (Lipinski definition) is 2. The number of anilines is 1. The second kappa shape index (κ2) is 8.35. The first kappa shape index (κ1) is 19.8. The van der Waals surface area contributed by atoms with Gasteiger partial charge in [-0.15, -0.1) is 11.3 Å². The fraction of sp³-hybridized carbons (Fsp3) is 0.300. The van der Waals surface area contributed by atoms with Gasteiger partial charge in [0, 0.05) is 23.1 Å². The number of rotatable bonds is 6. The molecule has 28 heavy (non-hydrogen) atoms. The smallest absolute Gasteiger partial charge is 0.270 e. The molecule has 2 amide bonds. The average Bonchev–Trinajstić information content (AvgIpc) is 3.03. The van der Waals surface area contributed by atoms with Crippen molar-refractivity contribution in [2.75, 3.05) is 5.32 Å². The van der Waals surface area contributed by atoms with E-state index in [4.69, 9.17) is 5.73 Å². The summed E-state index contributed by atoms with van der Waals surface area (Å²) in [6.45, 7) is 2.15. The van der Waals surface area contributed by atoms with Crippen LogP contribution in [0, 0.1) is 16.0 Å². The molecule has 0 fully saturated rings. The van der Waals surface area contributed by atoms with Crippen LogP contribution in [0.3, 0.4) is 0 Å². The molecular weight excluding hydrogens is 378 g/mol. The van der Waals surface area contributed by atoms with E-state index in [1.165, 1.54) is 35.6 Å². The van der Waals surface area contributed by atoms with Crippen LogP contribution in [0.2, 0.25) is 0 Å². The first-order valence-corrected chi connectivity index (χ1v) is 9.88. The monoisotopic (exact) mass is 399 g/mol. The van der Waals surface area contributed by atoms with Crippen molar-refractivity contribution in [3.05, 3.63) is 62.0 Å². The lowest BCUT2D eigenvalue weighted by molar-refractivity contribution is -0.384. The second-order valence-electron chi connectivity index (χ2n) is 6.76. The standard InChI is InChI=1S/C20H21N3O4S/c1-2-12-6-8-15-16(11-12)28-20(18(15)19(21)25)22-17(24)9-7-13-4-3-5-14(10-13)23(26)27/h3-5,7,9-10,12H,2,6,8,11H2,1H3,(H2,21,25)(H,22,24). The van der Waals surface area contributed by atoms with Gasteiger partial charge in [0.2, 0.25) is 5.91 Å². The maximum atomic E-state index is 12.3. The van der Waals surface area contributed by atoms with Gasteiger partial charge in [-0.3, -0.25) is 19.7 Å². The number of nitro benzene ring substituents is 1. The molecule has 1 aromatic carbocycles. The molecule has 3 N–H and O–H groups in total. The highest BCUT2D eigenvalue weighted by Crippen LogP contribution is 2.40. The largest absolute Gasteiger partial charge is 0.365 e. The molecule has 1 atom stereocenters. The number of nitrogens with zero attached hydrogens (tertiary/aromatic N) is 1. The lowest BCUT2D eigenvalue weighted by atomic mass is 9.85. The molecule has 2 aromatic rings. The summed E-state index contributed by atoms with van der Waals surface area (Å²) in [4.78, 5) is 35.8. The van der Waals surface area contributed by atoms with Gasteiger partial charge in [0.15, 0.2) is 0 Å². The maximum Gasteiger partial charge on any atom is 0.270 e. The number of nitro groups is 1. The van der Waals surface area contributed by atoms with Crippen molar-refractivity contribution in [1.82, 2.24) is 0 Å². The topological polar surface area (TPSA) is 115 Å². The minimum Gasteiger partial charge on any atom is -0.365 e. The van der Waals surface area contributed by atoms with Gasteiger partial charge >= 0.3 is 0 Å². The van der Waals surface area contributed by atoms with E-state index in [2.05, 4.69) is 12.2 Å². The van der Waals surface area contributed by atoms with E-state index in [0.717, 1.165) is 36.1 Å². The summed E-state index contributed by atoms with van der Waals surface area (Å²) < 4.78 is 0. The fourth-order valence-corrected chi connectivity index (χ4v) is 4.79. The van der Waals surface area contributed by atoms with E-state index in [1.807, 2.05) is 0 Å². The van der Waals surface area contributed by atoms with Crippen LogP contribution in [0.25, 0.3) is 6.08 Å². The molecule has 1 heterocycles. The third-order valence-electron chi connectivity index (χ3n) is 4.94. The van der Waals surface area contributed by atoms with Crippen LogP contribution in [0.4, 0.5) is 10.7 Å². The molecule has 0 spiro atoms. The summed E-state index contributed by atoms with van der Waals surface area (Å²) in [7, 11) is 0. The molecule has 146 valence electrons.